The summed E-state index contributed by atoms with van der Waals surface area (Å²) >= 11 is 5.93. The zero-order chi connectivity index (χ0) is 21.5. The number of rotatable bonds is 7. The highest BCUT2D eigenvalue weighted by Gasteiger charge is 2.24. The summed E-state index contributed by atoms with van der Waals surface area (Å²) in [5.41, 5.74) is 1.59. The van der Waals surface area contributed by atoms with Gasteiger partial charge in [0.1, 0.15) is 6.10 Å². The normalized spacial score (nSPS) is 16.8. The Morgan fingerprint density at radius 3 is 2.73 bits per heavy atom. The highest BCUT2D eigenvalue weighted by atomic mass is 35.5. The first kappa shape index (κ1) is 22.1. The summed E-state index contributed by atoms with van der Waals surface area (Å²) in [6.07, 6.45) is 2.84. The predicted molar refractivity (Wildman–Crippen MR) is 110 cm³/mol. The third-order valence-electron chi connectivity index (χ3n) is 4.52. The SMILES string of the molecule is CCOc1cc(C=CC(=O)N2CCOC(c3ccc(Cl)cc3)C2)ccc1OC(F)F. The average Bonchev–Trinajstić information content (AvgIpc) is 2.74. The minimum Gasteiger partial charge on any atom is -0.490 e. The van der Waals surface area contributed by atoms with E-state index in [0.29, 0.717) is 36.9 Å². The molecule has 0 spiro atoms. The van der Waals surface area contributed by atoms with E-state index in [2.05, 4.69) is 4.74 Å². The minimum atomic E-state index is -2.94. The van der Waals surface area contributed by atoms with Gasteiger partial charge in [0, 0.05) is 17.6 Å². The molecular weight excluding hydrogens is 416 g/mol. The van der Waals surface area contributed by atoms with Gasteiger partial charge in [0.25, 0.3) is 0 Å². The van der Waals surface area contributed by atoms with Crippen molar-refractivity contribution in [1.29, 1.82) is 0 Å². The Kier molecular flexibility index (Phi) is 7.65. The quantitative estimate of drug-likeness (QED) is 0.575. The lowest BCUT2D eigenvalue weighted by Gasteiger charge is -2.32. The van der Waals surface area contributed by atoms with Gasteiger partial charge in [-0.2, -0.15) is 8.78 Å². The summed E-state index contributed by atoms with van der Waals surface area (Å²) in [5.74, 6) is -0.0148. The Morgan fingerprint density at radius 1 is 1.27 bits per heavy atom. The van der Waals surface area contributed by atoms with E-state index in [1.54, 1.807) is 42.2 Å². The van der Waals surface area contributed by atoms with Crippen LogP contribution in [0, 0.1) is 0 Å². The second-order valence-corrected chi connectivity index (χ2v) is 6.98. The van der Waals surface area contributed by atoms with E-state index < -0.39 is 6.61 Å². The number of morpholine rings is 1. The van der Waals surface area contributed by atoms with Gasteiger partial charge in [-0.05, 0) is 48.4 Å². The lowest BCUT2D eigenvalue weighted by molar-refractivity contribution is -0.133. The number of nitrogens with zero attached hydrogens (tertiary/aromatic N) is 1. The zero-order valence-electron chi connectivity index (χ0n) is 16.4. The van der Waals surface area contributed by atoms with Crippen LogP contribution in [-0.4, -0.2) is 43.7 Å². The molecule has 3 rings (SSSR count). The molecule has 1 amide bonds. The summed E-state index contributed by atoms with van der Waals surface area (Å²) in [6.45, 7) is 0.442. The first-order valence-corrected chi connectivity index (χ1v) is 9.89. The Balaban J connectivity index is 1.67. The monoisotopic (exact) mass is 437 g/mol. The predicted octanol–water partition coefficient (Wildman–Crippen LogP) is 4.95. The van der Waals surface area contributed by atoms with E-state index in [1.165, 1.54) is 12.1 Å². The zero-order valence-corrected chi connectivity index (χ0v) is 17.1. The van der Waals surface area contributed by atoms with E-state index in [-0.39, 0.29) is 23.5 Å². The Morgan fingerprint density at radius 2 is 2.03 bits per heavy atom. The van der Waals surface area contributed by atoms with Gasteiger partial charge >= 0.3 is 6.61 Å². The van der Waals surface area contributed by atoms with Gasteiger partial charge in [-0.15, -0.1) is 0 Å². The standard InChI is InChI=1S/C22H22ClF2NO4/c1-2-28-19-13-15(3-9-18(19)30-22(24)25)4-10-21(27)26-11-12-29-20(14-26)16-5-7-17(23)8-6-16/h3-10,13,20,22H,2,11-12,14H2,1H3. The molecule has 8 heteroatoms. The first-order valence-electron chi connectivity index (χ1n) is 9.52. The van der Waals surface area contributed by atoms with Gasteiger partial charge in [-0.25, -0.2) is 0 Å². The number of hydrogen-bond donors (Lipinski definition) is 0. The van der Waals surface area contributed by atoms with Gasteiger partial charge in [-0.1, -0.05) is 29.8 Å². The van der Waals surface area contributed by atoms with Gasteiger partial charge in [0.05, 0.1) is 19.8 Å². The fraction of sp³-hybridized carbons (Fsp3) is 0.318. The van der Waals surface area contributed by atoms with Crippen molar-refractivity contribution >= 4 is 23.6 Å². The van der Waals surface area contributed by atoms with E-state index in [4.69, 9.17) is 21.1 Å². The van der Waals surface area contributed by atoms with E-state index in [0.717, 1.165) is 5.56 Å². The molecule has 1 aliphatic heterocycles. The van der Waals surface area contributed by atoms with Crippen LogP contribution in [0.2, 0.25) is 5.02 Å². The Bertz CT molecular complexity index is 889. The van der Waals surface area contributed by atoms with E-state index >= 15 is 0 Å². The number of amides is 1. The lowest BCUT2D eigenvalue weighted by atomic mass is 10.1. The van der Waals surface area contributed by atoms with Gasteiger partial charge < -0.3 is 19.1 Å². The summed E-state index contributed by atoms with van der Waals surface area (Å²) in [4.78, 5) is 14.3. The van der Waals surface area contributed by atoms with Crippen molar-refractivity contribution < 1.29 is 27.8 Å². The van der Waals surface area contributed by atoms with Crippen LogP contribution in [0.5, 0.6) is 11.5 Å². The molecule has 5 nitrogen and oxygen atoms in total. The molecule has 30 heavy (non-hydrogen) atoms. The molecule has 1 atom stereocenters. The molecule has 0 bridgehead atoms. The lowest BCUT2D eigenvalue weighted by Crippen LogP contribution is -2.41. The number of halogens is 3. The molecule has 0 aromatic heterocycles. The van der Waals surface area contributed by atoms with Gasteiger partial charge in [0.2, 0.25) is 5.91 Å². The third-order valence-corrected chi connectivity index (χ3v) is 4.77. The second-order valence-electron chi connectivity index (χ2n) is 6.55. The average molecular weight is 438 g/mol. The summed E-state index contributed by atoms with van der Waals surface area (Å²) in [7, 11) is 0. The molecule has 0 N–H and O–H groups in total. The van der Waals surface area contributed by atoms with Crippen LogP contribution in [0.3, 0.4) is 0 Å². The van der Waals surface area contributed by atoms with E-state index in [9.17, 15) is 13.6 Å². The largest absolute Gasteiger partial charge is 0.490 e. The topological polar surface area (TPSA) is 48.0 Å². The van der Waals surface area contributed by atoms with Crippen molar-refractivity contribution in [2.75, 3.05) is 26.3 Å². The third kappa shape index (κ3) is 5.93. The molecule has 160 valence electrons. The summed E-state index contributed by atoms with van der Waals surface area (Å²) in [6, 6.07) is 11.9. The smallest absolute Gasteiger partial charge is 0.387 e. The van der Waals surface area contributed by atoms with Gasteiger partial charge in [-0.3, -0.25) is 4.79 Å². The highest BCUT2D eigenvalue weighted by Crippen LogP contribution is 2.30. The number of hydrogen-bond acceptors (Lipinski definition) is 4. The molecule has 2 aromatic rings. The van der Waals surface area contributed by atoms with Crippen molar-refractivity contribution in [1.82, 2.24) is 4.90 Å². The minimum absolute atomic E-state index is 0.0469. The van der Waals surface area contributed by atoms with Gasteiger partial charge in [0.15, 0.2) is 11.5 Å². The van der Waals surface area contributed by atoms with E-state index in [1.807, 2.05) is 12.1 Å². The molecule has 1 aliphatic rings. The molecule has 2 aromatic carbocycles. The van der Waals surface area contributed by atoms with Crippen molar-refractivity contribution in [3.8, 4) is 11.5 Å². The molecular formula is C22H22ClF2NO4. The fourth-order valence-corrected chi connectivity index (χ4v) is 3.22. The molecule has 1 fully saturated rings. The molecule has 0 aliphatic carbocycles. The van der Waals surface area contributed by atoms with Crippen molar-refractivity contribution in [2.45, 2.75) is 19.6 Å². The number of benzene rings is 2. The number of alkyl halides is 2. The van der Waals surface area contributed by atoms with Crippen LogP contribution in [0.1, 0.15) is 24.2 Å². The maximum atomic E-state index is 12.6. The molecule has 1 saturated heterocycles. The highest BCUT2D eigenvalue weighted by molar-refractivity contribution is 6.30. The van der Waals surface area contributed by atoms with Crippen LogP contribution in [0.15, 0.2) is 48.5 Å². The fourth-order valence-electron chi connectivity index (χ4n) is 3.09. The first-order chi connectivity index (χ1) is 14.5. The van der Waals surface area contributed by atoms with Crippen LogP contribution in [0.25, 0.3) is 6.08 Å². The molecule has 0 radical (unpaired) electrons. The van der Waals surface area contributed by atoms with Crippen molar-refractivity contribution in [2.24, 2.45) is 0 Å². The number of carbonyl (C=O) groups is 1. The maximum absolute atomic E-state index is 12.6. The van der Waals surface area contributed by atoms with Crippen LogP contribution in [-0.2, 0) is 9.53 Å². The number of ether oxygens (including phenoxy) is 3. The van der Waals surface area contributed by atoms with Crippen LogP contribution in [0.4, 0.5) is 8.78 Å². The number of carbonyl (C=O) groups excluding carboxylic acids is 1. The van der Waals surface area contributed by atoms with Crippen LogP contribution >= 0.6 is 11.6 Å². The Labute approximate surface area is 178 Å². The molecule has 0 saturated carbocycles. The summed E-state index contributed by atoms with van der Waals surface area (Å²) < 4.78 is 40.6. The van der Waals surface area contributed by atoms with Crippen molar-refractivity contribution in [3.05, 3.63) is 64.7 Å². The summed E-state index contributed by atoms with van der Waals surface area (Å²) in [5, 5.41) is 0.641. The van der Waals surface area contributed by atoms with Crippen LogP contribution < -0.4 is 9.47 Å². The Hall–Kier alpha value is -2.64. The van der Waals surface area contributed by atoms with Crippen molar-refractivity contribution in [3.63, 3.8) is 0 Å². The molecule has 1 unspecified atom stereocenters. The second kappa shape index (κ2) is 10.4. The maximum Gasteiger partial charge on any atom is 0.387 e. The molecule has 1 heterocycles.